The first kappa shape index (κ1) is 47.3. The van der Waals surface area contributed by atoms with E-state index in [0.717, 1.165) is 25.7 Å². The highest BCUT2D eigenvalue weighted by Crippen LogP contribution is 2.15. The van der Waals surface area contributed by atoms with Gasteiger partial charge in [0.25, 0.3) is 0 Å². The van der Waals surface area contributed by atoms with E-state index in [2.05, 4.69) is 70.0 Å². The van der Waals surface area contributed by atoms with E-state index in [1.54, 1.807) is 0 Å². The molecule has 2 unspecified atom stereocenters. The van der Waals surface area contributed by atoms with Crippen molar-refractivity contribution in [3.8, 4) is 0 Å². The third kappa shape index (κ3) is 42.4. The van der Waals surface area contributed by atoms with Crippen molar-refractivity contribution in [3.05, 3.63) is 24.3 Å². The highest BCUT2D eigenvalue weighted by atomic mass is 79.9. The Bertz CT molecular complexity index is 575. The maximum atomic E-state index is 5.80. The molecule has 0 heterocycles. The SMILES string of the molecule is CC(CCC=CCCCCCCCCCCCCCCBr)OCOCOC(C)CCC=CCCCCCCCCCCCCCCBr. The van der Waals surface area contributed by atoms with E-state index < -0.39 is 0 Å². The maximum absolute atomic E-state index is 5.80. The third-order valence-electron chi connectivity index (χ3n) is 9.19. The van der Waals surface area contributed by atoms with Crippen molar-refractivity contribution in [2.75, 3.05) is 24.2 Å². The van der Waals surface area contributed by atoms with E-state index in [0.29, 0.717) is 13.6 Å². The van der Waals surface area contributed by atoms with Gasteiger partial charge in [-0.2, -0.15) is 0 Å². The van der Waals surface area contributed by atoms with Crippen molar-refractivity contribution in [1.82, 2.24) is 0 Å². The summed E-state index contributed by atoms with van der Waals surface area (Å²) in [4.78, 5) is 0. The fourth-order valence-corrected chi connectivity index (χ4v) is 6.70. The highest BCUT2D eigenvalue weighted by molar-refractivity contribution is 9.09. The Morgan fingerprint density at radius 1 is 0.362 bits per heavy atom. The second-order valence-electron chi connectivity index (χ2n) is 13.9. The summed E-state index contributed by atoms with van der Waals surface area (Å²) in [7, 11) is 0. The average molecular weight is 793 g/mol. The van der Waals surface area contributed by atoms with Crippen LogP contribution in [0.4, 0.5) is 0 Å². The molecule has 280 valence electrons. The van der Waals surface area contributed by atoms with E-state index >= 15 is 0 Å². The summed E-state index contributed by atoms with van der Waals surface area (Å²) in [6, 6.07) is 0. The van der Waals surface area contributed by atoms with Gasteiger partial charge in [0.15, 0.2) is 0 Å². The molecule has 0 fully saturated rings. The summed E-state index contributed by atoms with van der Waals surface area (Å²) in [5.74, 6) is 0. The van der Waals surface area contributed by atoms with Gasteiger partial charge in [0, 0.05) is 10.7 Å². The van der Waals surface area contributed by atoms with Crippen LogP contribution < -0.4 is 0 Å². The minimum atomic E-state index is 0.213. The van der Waals surface area contributed by atoms with Gasteiger partial charge in [-0.1, -0.05) is 185 Å². The summed E-state index contributed by atoms with van der Waals surface area (Å²) in [6.45, 7) is 4.89. The van der Waals surface area contributed by atoms with Crippen molar-refractivity contribution < 1.29 is 14.2 Å². The predicted octanol–water partition coefficient (Wildman–Crippen LogP) is 15.3. The van der Waals surface area contributed by atoms with Gasteiger partial charge in [0.2, 0.25) is 0 Å². The van der Waals surface area contributed by atoms with Gasteiger partial charge in [-0.3, -0.25) is 0 Å². The summed E-state index contributed by atoms with van der Waals surface area (Å²) in [6.07, 6.45) is 50.2. The largest absolute Gasteiger partial charge is 0.352 e. The quantitative estimate of drug-likeness (QED) is 0.0268. The standard InChI is InChI=1S/C42H80Br2O3/c1-41(35-31-27-23-19-15-11-7-3-5-9-13-17-21-25-29-33-37-43)46-39-45-40-47-42(2)36-32-28-24-20-16-12-8-4-6-10-14-18-22-26-30-34-38-44/h23-24,27-28,41-42H,3-22,25-26,29-40H2,1-2H3. The molecular formula is C42H80Br2O3. The van der Waals surface area contributed by atoms with Crippen molar-refractivity contribution in [2.24, 2.45) is 0 Å². The highest BCUT2D eigenvalue weighted by Gasteiger charge is 2.03. The summed E-state index contributed by atoms with van der Waals surface area (Å²) in [5.41, 5.74) is 0. The fourth-order valence-electron chi connectivity index (χ4n) is 5.91. The number of rotatable bonds is 40. The molecule has 0 saturated heterocycles. The average Bonchev–Trinajstić information content (AvgIpc) is 3.07. The Morgan fingerprint density at radius 3 is 0.915 bits per heavy atom. The van der Waals surface area contributed by atoms with Gasteiger partial charge in [0.1, 0.15) is 13.6 Å². The van der Waals surface area contributed by atoms with Crippen LogP contribution >= 0.6 is 31.9 Å². The molecule has 47 heavy (non-hydrogen) atoms. The zero-order valence-corrected chi connectivity index (χ0v) is 34.7. The first-order chi connectivity index (χ1) is 23.2. The van der Waals surface area contributed by atoms with Crippen LogP contribution in [0.2, 0.25) is 0 Å². The Kier molecular flexibility index (Phi) is 42.8. The van der Waals surface area contributed by atoms with Gasteiger partial charge >= 0.3 is 0 Å². The van der Waals surface area contributed by atoms with Crippen molar-refractivity contribution in [1.29, 1.82) is 0 Å². The molecule has 0 aliphatic carbocycles. The van der Waals surface area contributed by atoms with Crippen LogP contribution in [-0.4, -0.2) is 36.5 Å². The summed E-state index contributed by atoms with van der Waals surface area (Å²) < 4.78 is 17.2. The molecule has 0 N–H and O–H groups in total. The van der Waals surface area contributed by atoms with Crippen LogP contribution in [-0.2, 0) is 14.2 Å². The second-order valence-corrected chi connectivity index (χ2v) is 15.5. The molecule has 0 aromatic carbocycles. The summed E-state index contributed by atoms with van der Waals surface area (Å²) in [5, 5.41) is 2.34. The lowest BCUT2D eigenvalue weighted by molar-refractivity contribution is -0.160. The fraction of sp³-hybridized carbons (Fsp3) is 0.905. The number of hydrogen-bond donors (Lipinski definition) is 0. The number of hydrogen-bond acceptors (Lipinski definition) is 3. The Hall–Kier alpha value is 0.320. The topological polar surface area (TPSA) is 27.7 Å². The number of ether oxygens (including phenoxy) is 3. The normalized spacial score (nSPS) is 13.4. The van der Waals surface area contributed by atoms with Crippen LogP contribution in [0.3, 0.4) is 0 Å². The van der Waals surface area contributed by atoms with E-state index in [-0.39, 0.29) is 12.2 Å². The van der Waals surface area contributed by atoms with Crippen LogP contribution in [0.1, 0.15) is 206 Å². The molecule has 3 nitrogen and oxygen atoms in total. The van der Waals surface area contributed by atoms with E-state index in [1.807, 2.05) is 0 Å². The summed E-state index contributed by atoms with van der Waals surface area (Å²) >= 11 is 7.03. The predicted molar refractivity (Wildman–Crippen MR) is 216 cm³/mol. The lowest BCUT2D eigenvalue weighted by Crippen LogP contribution is -2.15. The zero-order chi connectivity index (χ0) is 34.1. The molecule has 0 radical (unpaired) electrons. The van der Waals surface area contributed by atoms with Gasteiger partial charge in [-0.15, -0.1) is 0 Å². The molecule has 2 atom stereocenters. The van der Waals surface area contributed by atoms with Gasteiger partial charge in [0.05, 0.1) is 12.2 Å². The lowest BCUT2D eigenvalue weighted by Gasteiger charge is -2.14. The van der Waals surface area contributed by atoms with Crippen LogP contribution in [0.15, 0.2) is 24.3 Å². The first-order valence-corrected chi connectivity index (χ1v) is 22.7. The maximum Gasteiger partial charge on any atom is 0.149 e. The first-order valence-electron chi connectivity index (χ1n) is 20.4. The number of allylic oxidation sites excluding steroid dienone is 4. The smallest absolute Gasteiger partial charge is 0.149 e. The van der Waals surface area contributed by atoms with Crippen LogP contribution in [0, 0.1) is 0 Å². The second kappa shape index (κ2) is 42.5. The molecule has 0 amide bonds. The van der Waals surface area contributed by atoms with Gasteiger partial charge in [-0.05, 0) is 78.1 Å². The monoisotopic (exact) mass is 790 g/mol. The molecule has 0 saturated carbocycles. The van der Waals surface area contributed by atoms with Gasteiger partial charge in [-0.25, -0.2) is 0 Å². The van der Waals surface area contributed by atoms with Crippen LogP contribution in [0.5, 0.6) is 0 Å². The van der Waals surface area contributed by atoms with E-state index in [9.17, 15) is 0 Å². The molecule has 0 aliphatic heterocycles. The number of alkyl halides is 2. The lowest BCUT2D eigenvalue weighted by atomic mass is 10.0. The number of unbranched alkanes of at least 4 members (excludes halogenated alkanes) is 24. The van der Waals surface area contributed by atoms with E-state index in [1.165, 1.54) is 178 Å². The molecule has 0 spiro atoms. The van der Waals surface area contributed by atoms with Crippen LogP contribution in [0.25, 0.3) is 0 Å². The Balaban J connectivity index is 3.34. The molecule has 0 aromatic heterocycles. The van der Waals surface area contributed by atoms with Crippen molar-refractivity contribution >= 4 is 31.9 Å². The molecule has 5 heteroatoms. The molecule has 0 aliphatic rings. The van der Waals surface area contributed by atoms with Crippen molar-refractivity contribution in [2.45, 2.75) is 219 Å². The minimum Gasteiger partial charge on any atom is -0.352 e. The zero-order valence-electron chi connectivity index (χ0n) is 31.5. The minimum absolute atomic E-state index is 0.213. The Morgan fingerprint density at radius 2 is 0.617 bits per heavy atom. The van der Waals surface area contributed by atoms with E-state index in [4.69, 9.17) is 14.2 Å². The molecule has 0 rings (SSSR count). The van der Waals surface area contributed by atoms with Gasteiger partial charge < -0.3 is 14.2 Å². The third-order valence-corrected chi connectivity index (χ3v) is 10.3. The molecule has 0 bridgehead atoms. The molecule has 0 aromatic rings. The van der Waals surface area contributed by atoms with Crippen molar-refractivity contribution in [3.63, 3.8) is 0 Å². The molecular weight excluding hydrogens is 712 g/mol. The Labute approximate surface area is 311 Å². The number of halogens is 2.